The number of nitrogens with zero attached hydrogens (tertiary/aromatic N) is 3. The molecule has 1 aromatic heterocycles. The van der Waals surface area contributed by atoms with Gasteiger partial charge in [0.1, 0.15) is 11.5 Å². The molecule has 7 heteroatoms. The molecule has 0 amide bonds. The summed E-state index contributed by atoms with van der Waals surface area (Å²) in [5.41, 5.74) is 8.43. The summed E-state index contributed by atoms with van der Waals surface area (Å²) in [7, 11) is 3.41. The molecule has 5 aromatic rings. The van der Waals surface area contributed by atoms with Gasteiger partial charge in [0.15, 0.2) is 17.6 Å². The number of ketones is 1. The monoisotopic (exact) mass is 650 g/mol. The van der Waals surface area contributed by atoms with Crippen LogP contribution in [0.5, 0.6) is 11.5 Å². The van der Waals surface area contributed by atoms with Gasteiger partial charge in [-0.1, -0.05) is 46.3 Å². The fourth-order valence-electron chi connectivity index (χ4n) is 7.49. The van der Waals surface area contributed by atoms with Crippen molar-refractivity contribution in [3.05, 3.63) is 117 Å². The predicted molar refractivity (Wildman–Crippen MR) is 177 cm³/mol. The second-order valence-electron chi connectivity index (χ2n) is 11.9. The first-order valence-corrected chi connectivity index (χ1v) is 16.1. The van der Waals surface area contributed by atoms with Crippen molar-refractivity contribution in [2.45, 2.75) is 38.8 Å². The third-order valence-corrected chi connectivity index (χ3v) is 10.0. The van der Waals surface area contributed by atoms with E-state index < -0.39 is 0 Å². The van der Waals surface area contributed by atoms with Crippen LogP contribution in [-0.4, -0.2) is 37.7 Å². The molecule has 0 saturated heterocycles. The predicted octanol–water partition coefficient (Wildman–Crippen LogP) is 7.11. The van der Waals surface area contributed by atoms with Crippen molar-refractivity contribution in [1.29, 1.82) is 0 Å². The number of benzene rings is 4. The summed E-state index contributed by atoms with van der Waals surface area (Å²) >= 11 is 3.71. The van der Waals surface area contributed by atoms with Gasteiger partial charge in [0.2, 0.25) is 5.78 Å². The Balaban J connectivity index is 1.14. The second kappa shape index (κ2) is 11.8. The first-order valence-electron chi connectivity index (χ1n) is 15.3. The molecule has 7 rings (SSSR count). The number of aryl methyl sites for hydroxylation is 1. The summed E-state index contributed by atoms with van der Waals surface area (Å²) in [5, 5.41) is 0. The standard InChI is InChI=1S/C37H37BrN3O3/c1-24-40(32-9-4-5-10-33(32)41(24)23-34(42)25-13-16-29(43-2)17-14-25)19-7-18-39-22-27-20-26-12-15-28(38)21-31(26)36(27)30-8-6-11-35(44-3)37(30)39/h4-6,8-17,21,27,36H,7,18-20,22-23H2,1-3H3/q+1/t27-,36-/m0/s1. The summed E-state index contributed by atoms with van der Waals surface area (Å²) in [6.07, 6.45) is 2.07. The number of fused-ring (bicyclic) bond motifs is 6. The molecule has 0 spiro atoms. The van der Waals surface area contributed by atoms with Crippen molar-refractivity contribution in [2.24, 2.45) is 5.92 Å². The SMILES string of the molecule is COc1ccc(C(=O)C[n+]2c(C)n(CCCN3C[C@@H]4Cc5ccc(Br)cc5[C@@H]4c4cccc(OC)c43)c3ccccc32)cc1. The highest BCUT2D eigenvalue weighted by Gasteiger charge is 2.41. The van der Waals surface area contributed by atoms with E-state index in [1.54, 1.807) is 14.2 Å². The molecule has 0 unspecified atom stereocenters. The van der Waals surface area contributed by atoms with Gasteiger partial charge in [0.05, 0.1) is 26.5 Å². The lowest BCUT2D eigenvalue weighted by atomic mass is 9.81. The molecule has 0 N–H and O–H groups in total. The molecule has 6 nitrogen and oxygen atoms in total. The molecule has 2 heterocycles. The van der Waals surface area contributed by atoms with E-state index in [2.05, 4.69) is 91.5 Å². The van der Waals surface area contributed by atoms with Crippen LogP contribution in [0, 0.1) is 12.8 Å². The Morgan fingerprint density at radius 3 is 2.55 bits per heavy atom. The Morgan fingerprint density at radius 2 is 1.75 bits per heavy atom. The number of imidazole rings is 1. The van der Waals surface area contributed by atoms with Crippen LogP contribution in [0.15, 0.2) is 89.4 Å². The molecular weight excluding hydrogens is 614 g/mol. The van der Waals surface area contributed by atoms with Gasteiger partial charge in [-0.25, -0.2) is 9.13 Å². The summed E-state index contributed by atoms with van der Waals surface area (Å²) in [5.74, 6) is 3.79. The van der Waals surface area contributed by atoms with E-state index in [9.17, 15) is 4.79 Å². The minimum atomic E-state index is 0.0832. The maximum absolute atomic E-state index is 13.3. The van der Waals surface area contributed by atoms with Crippen molar-refractivity contribution in [1.82, 2.24) is 4.57 Å². The zero-order valence-electron chi connectivity index (χ0n) is 25.4. The van der Waals surface area contributed by atoms with Crippen molar-refractivity contribution >= 4 is 38.4 Å². The molecular formula is C37H37BrN3O3+. The number of rotatable bonds is 9. The third-order valence-electron chi connectivity index (χ3n) is 9.52. The number of aromatic nitrogens is 2. The number of hydrogen-bond donors (Lipinski definition) is 0. The van der Waals surface area contributed by atoms with E-state index in [0.717, 1.165) is 65.3 Å². The number of methoxy groups -OCH3 is 2. The van der Waals surface area contributed by atoms with Gasteiger partial charge >= 0.3 is 0 Å². The van der Waals surface area contributed by atoms with Crippen LogP contribution in [0.3, 0.4) is 0 Å². The third kappa shape index (κ3) is 4.97. The number of anilines is 1. The number of halogens is 1. The molecule has 2 aliphatic rings. The summed E-state index contributed by atoms with van der Waals surface area (Å²) in [6.45, 7) is 5.21. The lowest BCUT2D eigenvalue weighted by Gasteiger charge is -2.39. The van der Waals surface area contributed by atoms with Gasteiger partial charge in [-0.05, 0) is 83.6 Å². The Bertz CT molecular complexity index is 1860. The number of ether oxygens (including phenoxy) is 2. The van der Waals surface area contributed by atoms with Gasteiger partial charge in [-0.3, -0.25) is 4.79 Å². The van der Waals surface area contributed by atoms with E-state index in [0.29, 0.717) is 23.9 Å². The average molecular weight is 652 g/mol. The Kier molecular flexibility index (Phi) is 7.67. The highest BCUT2D eigenvalue weighted by Crippen LogP contribution is 2.52. The van der Waals surface area contributed by atoms with E-state index in [1.807, 2.05) is 30.3 Å². The first-order chi connectivity index (χ1) is 21.5. The van der Waals surface area contributed by atoms with Gasteiger partial charge in [-0.2, -0.15) is 0 Å². The van der Waals surface area contributed by atoms with Gasteiger partial charge in [-0.15, -0.1) is 0 Å². The zero-order valence-corrected chi connectivity index (χ0v) is 27.0. The highest BCUT2D eigenvalue weighted by atomic mass is 79.9. The van der Waals surface area contributed by atoms with Crippen LogP contribution in [0.1, 0.15) is 45.2 Å². The van der Waals surface area contributed by atoms with Crippen LogP contribution in [-0.2, 0) is 19.5 Å². The van der Waals surface area contributed by atoms with E-state index in [4.69, 9.17) is 9.47 Å². The van der Waals surface area contributed by atoms with E-state index in [1.165, 1.54) is 22.4 Å². The largest absolute Gasteiger partial charge is 0.497 e. The van der Waals surface area contributed by atoms with Gasteiger partial charge in [0, 0.05) is 42.4 Å². The van der Waals surface area contributed by atoms with Crippen LogP contribution < -0.4 is 18.9 Å². The minimum Gasteiger partial charge on any atom is -0.497 e. The first kappa shape index (κ1) is 28.7. The van der Waals surface area contributed by atoms with Crippen molar-refractivity contribution in [3.8, 4) is 11.5 Å². The zero-order chi connectivity index (χ0) is 30.4. The van der Waals surface area contributed by atoms with Crippen molar-refractivity contribution in [3.63, 3.8) is 0 Å². The van der Waals surface area contributed by atoms with Crippen molar-refractivity contribution in [2.75, 3.05) is 32.2 Å². The second-order valence-corrected chi connectivity index (χ2v) is 12.8. The highest BCUT2D eigenvalue weighted by molar-refractivity contribution is 9.10. The van der Waals surface area contributed by atoms with Gasteiger partial charge in [0.25, 0.3) is 5.82 Å². The normalized spacial score (nSPS) is 16.9. The maximum atomic E-state index is 13.3. The fraction of sp³-hybridized carbons (Fsp3) is 0.297. The van der Waals surface area contributed by atoms with Crippen LogP contribution in [0.4, 0.5) is 5.69 Å². The lowest BCUT2D eigenvalue weighted by Crippen LogP contribution is -2.40. The smallest absolute Gasteiger partial charge is 0.254 e. The molecule has 0 bridgehead atoms. The van der Waals surface area contributed by atoms with Gasteiger partial charge < -0.3 is 14.4 Å². The van der Waals surface area contributed by atoms with Crippen LogP contribution in [0.25, 0.3) is 11.0 Å². The van der Waals surface area contributed by atoms with E-state index in [-0.39, 0.29) is 5.78 Å². The number of para-hydroxylation sites is 3. The summed E-state index contributed by atoms with van der Waals surface area (Å²) < 4.78 is 16.9. The topological polar surface area (TPSA) is 47.6 Å². The molecule has 224 valence electrons. The molecule has 0 fully saturated rings. The maximum Gasteiger partial charge on any atom is 0.254 e. The minimum absolute atomic E-state index is 0.0832. The molecule has 1 aliphatic heterocycles. The quantitative estimate of drug-likeness (QED) is 0.126. The molecule has 0 saturated carbocycles. The molecule has 4 aromatic carbocycles. The Hall–Kier alpha value is -4.10. The molecule has 0 radical (unpaired) electrons. The van der Waals surface area contributed by atoms with Crippen molar-refractivity contribution < 1.29 is 18.8 Å². The Morgan fingerprint density at radius 1 is 0.932 bits per heavy atom. The lowest BCUT2D eigenvalue weighted by molar-refractivity contribution is -0.664. The number of carbonyl (C=O) groups excluding carboxylic acids is 1. The van der Waals surface area contributed by atoms with Crippen LogP contribution >= 0.6 is 15.9 Å². The molecule has 44 heavy (non-hydrogen) atoms. The van der Waals surface area contributed by atoms with E-state index >= 15 is 0 Å². The number of Topliss-reactive ketones (excluding diaryl/α,β-unsaturated/α-hetero) is 1. The molecule has 2 atom stereocenters. The number of carbonyl (C=O) groups is 1. The molecule has 1 aliphatic carbocycles. The number of hydrogen-bond acceptors (Lipinski definition) is 4. The van der Waals surface area contributed by atoms with Crippen LogP contribution in [0.2, 0.25) is 0 Å². The average Bonchev–Trinajstić information content (AvgIpc) is 3.54. The summed E-state index contributed by atoms with van der Waals surface area (Å²) in [4.78, 5) is 15.9. The fourth-order valence-corrected chi connectivity index (χ4v) is 7.86. The Labute approximate surface area is 267 Å². The summed E-state index contributed by atoms with van der Waals surface area (Å²) in [6, 6.07) is 29.1.